The van der Waals surface area contributed by atoms with E-state index in [2.05, 4.69) is 13.8 Å². The normalized spacial score (nSPS) is 28.2. The zero-order valence-corrected chi connectivity index (χ0v) is 28.2. The van der Waals surface area contributed by atoms with Crippen LogP contribution in [0.1, 0.15) is 130 Å². The zero-order chi connectivity index (χ0) is 31.8. The molecule has 2 aliphatic heterocycles. The number of methoxy groups -OCH3 is 2. The zero-order valence-electron chi connectivity index (χ0n) is 28.2. The van der Waals surface area contributed by atoms with Gasteiger partial charge in [0.1, 0.15) is 6.10 Å². The van der Waals surface area contributed by atoms with Gasteiger partial charge in [-0.25, -0.2) is 4.79 Å². The Bertz CT molecular complexity index is 864. The van der Waals surface area contributed by atoms with E-state index in [1.54, 1.807) is 7.11 Å². The van der Waals surface area contributed by atoms with E-state index in [1.807, 2.05) is 6.08 Å². The molecule has 0 aromatic heterocycles. The highest BCUT2D eigenvalue weighted by atomic mass is 16.7. The van der Waals surface area contributed by atoms with E-state index >= 15 is 0 Å². The van der Waals surface area contributed by atoms with Crippen LogP contribution in [0.2, 0.25) is 0 Å². The molecule has 0 N–H and O–H groups in total. The lowest BCUT2D eigenvalue weighted by molar-refractivity contribution is -0.233. The summed E-state index contributed by atoms with van der Waals surface area (Å²) in [6.45, 7) is 7.30. The monoisotopic (exact) mass is 624 g/mol. The molecule has 0 aromatic carbocycles. The van der Waals surface area contributed by atoms with E-state index in [4.69, 9.17) is 33.2 Å². The largest absolute Gasteiger partial charge is 0.463 e. The lowest BCUT2D eigenvalue weighted by Crippen LogP contribution is -2.46. The van der Waals surface area contributed by atoms with Crippen molar-refractivity contribution in [3.63, 3.8) is 0 Å². The van der Waals surface area contributed by atoms with Crippen molar-refractivity contribution < 1.29 is 42.7 Å². The second-order valence-electron chi connectivity index (χ2n) is 13.0. The smallest absolute Gasteiger partial charge is 0.373 e. The number of esters is 2. The molecule has 2 saturated heterocycles. The van der Waals surface area contributed by atoms with Gasteiger partial charge in [0.05, 0.1) is 25.4 Å². The van der Waals surface area contributed by atoms with Crippen molar-refractivity contribution in [2.24, 2.45) is 11.8 Å². The highest BCUT2D eigenvalue weighted by molar-refractivity contribution is 5.86. The lowest BCUT2D eigenvalue weighted by Gasteiger charge is -2.40. The molecule has 1 saturated carbocycles. The Hall–Kier alpha value is -1.68. The van der Waals surface area contributed by atoms with Crippen LogP contribution < -0.4 is 0 Å². The van der Waals surface area contributed by atoms with Gasteiger partial charge in [-0.3, -0.25) is 4.79 Å². The van der Waals surface area contributed by atoms with Crippen LogP contribution in [0.15, 0.2) is 11.8 Å². The first-order valence-electron chi connectivity index (χ1n) is 17.4. The fourth-order valence-electron chi connectivity index (χ4n) is 7.04. The number of carbonyl (C=O) groups is 2. The molecule has 0 amide bonds. The fraction of sp³-hybridized carbons (Fsp3) is 0.886. The summed E-state index contributed by atoms with van der Waals surface area (Å²) in [7, 11) is 3.17. The summed E-state index contributed by atoms with van der Waals surface area (Å²) in [5, 5.41) is 0. The number of hydrogen-bond acceptors (Lipinski definition) is 9. The Morgan fingerprint density at radius 1 is 0.909 bits per heavy atom. The molecule has 0 spiro atoms. The first-order chi connectivity index (χ1) is 21.3. The summed E-state index contributed by atoms with van der Waals surface area (Å²) in [5.41, 5.74) is -0.380. The molecule has 1 aliphatic carbocycles. The molecule has 254 valence electrons. The van der Waals surface area contributed by atoms with Crippen molar-refractivity contribution in [2.75, 3.05) is 27.4 Å². The molecule has 3 aliphatic rings. The summed E-state index contributed by atoms with van der Waals surface area (Å²) in [6.07, 6.45) is 17.6. The van der Waals surface area contributed by atoms with E-state index in [-0.39, 0.29) is 35.8 Å². The molecule has 0 bridgehead atoms. The van der Waals surface area contributed by atoms with E-state index in [0.717, 1.165) is 109 Å². The molecule has 0 radical (unpaired) electrons. The summed E-state index contributed by atoms with van der Waals surface area (Å²) < 4.78 is 41.0. The van der Waals surface area contributed by atoms with Crippen LogP contribution in [-0.2, 0) is 42.7 Å². The van der Waals surface area contributed by atoms with Crippen molar-refractivity contribution >= 4 is 11.9 Å². The van der Waals surface area contributed by atoms with Gasteiger partial charge in [-0.1, -0.05) is 26.2 Å². The van der Waals surface area contributed by atoms with E-state index < -0.39 is 12.3 Å². The predicted molar refractivity (Wildman–Crippen MR) is 168 cm³/mol. The Kier molecular flexibility index (Phi) is 16.5. The molecular weight excluding hydrogens is 564 g/mol. The van der Waals surface area contributed by atoms with Crippen molar-refractivity contribution in [1.82, 2.24) is 0 Å². The van der Waals surface area contributed by atoms with E-state index in [1.165, 1.54) is 14.0 Å². The minimum atomic E-state index is -0.470. The number of ether oxygens (including phenoxy) is 7. The van der Waals surface area contributed by atoms with Crippen LogP contribution in [0, 0.1) is 11.8 Å². The van der Waals surface area contributed by atoms with Gasteiger partial charge in [-0.15, -0.1) is 0 Å². The lowest BCUT2D eigenvalue weighted by atomic mass is 9.82. The first kappa shape index (κ1) is 36.8. The van der Waals surface area contributed by atoms with Crippen molar-refractivity contribution in [2.45, 2.75) is 160 Å². The number of carbonyl (C=O) groups excluding carboxylic acids is 2. The van der Waals surface area contributed by atoms with Gasteiger partial charge < -0.3 is 33.2 Å². The summed E-state index contributed by atoms with van der Waals surface area (Å²) in [5.74, 6) is 0.287. The molecule has 9 heteroatoms. The SMILES string of the molecule is CCCCC(C)(OC)C(CC[C@H]1CC[C@H](OC(C)=O)[C@@H]1CCCCC=C(OC1CCCCO1)C(=O)OC)OC1CCCCO1. The first-order valence-corrected chi connectivity index (χ1v) is 17.4. The van der Waals surface area contributed by atoms with Crippen LogP contribution in [-0.4, -0.2) is 69.8 Å². The Labute approximate surface area is 266 Å². The molecule has 3 rings (SSSR count). The molecule has 0 aromatic rings. The molecule has 3 fully saturated rings. The maximum absolute atomic E-state index is 12.3. The van der Waals surface area contributed by atoms with Crippen molar-refractivity contribution in [1.29, 1.82) is 0 Å². The maximum atomic E-state index is 12.3. The quantitative estimate of drug-likeness (QED) is 0.0630. The maximum Gasteiger partial charge on any atom is 0.373 e. The third-order valence-electron chi connectivity index (χ3n) is 9.75. The van der Waals surface area contributed by atoms with Gasteiger partial charge in [0, 0.05) is 27.1 Å². The van der Waals surface area contributed by atoms with Crippen LogP contribution in [0.5, 0.6) is 0 Å². The number of hydrogen-bond donors (Lipinski definition) is 0. The van der Waals surface area contributed by atoms with Crippen molar-refractivity contribution in [3.8, 4) is 0 Å². The third kappa shape index (κ3) is 11.9. The van der Waals surface area contributed by atoms with Crippen molar-refractivity contribution in [3.05, 3.63) is 11.8 Å². The fourth-order valence-corrected chi connectivity index (χ4v) is 7.04. The number of unbranched alkanes of at least 4 members (excludes halogenated alkanes) is 3. The minimum absolute atomic E-state index is 0.0552. The molecule has 44 heavy (non-hydrogen) atoms. The summed E-state index contributed by atoms with van der Waals surface area (Å²) in [6, 6.07) is 0. The molecule has 9 nitrogen and oxygen atoms in total. The topological polar surface area (TPSA) is 98.8 Å². The van der Waals surface area contributed by atoms with Crippen LogP contribution in [0.3, 0.4) is 0 Å². The number of rotatable bonds is 19. The second-order valence-corrected chi connectivity index (χ2v) is 13.0. The predicted octanol–water partition coefficient (Wildman–Crippen LogP) is 7.39. The van der Waals surface area contributed by atoms with Gasteiger partial charge in [0.15, 0.2) is 12.6 Å². The van der Waals surface area contributed by atoms with Gasteiger partial charge in [-0.05, 0) is 108 Å². The van der Waals surface area contributed by atoms with Crippen LogP contribution >= 0.6 is 0 Å². The average molecular weight is 625 g/mol. The Morgan fingerprint density at radius 3 is 2.25 bits per heavy atom. The van der Waals surface area contributed by atoms with Gasteiger partial charge in [0.25, 0.3) is 0 Å². The highest BCUT2D eigenvalue weighted by Crippen LogP contribution is 2.42. The third-order valence-corrected chi connectivity index (χ3v) is 9.75. The summed E-state index contributed by atoms with van der Waals surface area (Å²) >= 11 is 0. The second kappa shape index (κ2) is 19.7. The van der Waals surface area contributed by atoms with Gasteiger partial charge >= 0.3 is 11.9 Å². The van der Waals surface area contributed by atoms with E-state index in [0.29, 0.717) is 24.9 Å². The summed E-state index contributed by atoms with van der Waals surface area (Å²) in [4.78, 5) is 24.3. The van der Waals surface area contributed by atoms with Gasteiger partial charge in [0.2, 0.25) is 5.76 Å². The highest BCUT2D eigenvalue weighted by Gasteiger charge is 2.41. The van der Waals surface area contributed by atoms with Crippen LogP contribution in [0.4, 0.5) is 0 Å². The minimum Gasteiger partial charge on any atom is -0.463 e. The Balaban J connectivity index is 1.60. The standard InChI is InChI=1S/C35H60O9/c1-6-7-23-35(3,39-5)31(44-33-18-12-14-25-41-33)22-20-27-19-21-29(42-26(2)36)28(27)15-9-8-10-16-30(34(37)38-4)43-32-17-11-13-24-40-32/h16,27-29,31-33H,6-15,17-25H2,1-5H3/t27-,28-,29+,31?,32?,33?,35?/m1/s1. The molecular formula is C35H60O9. The van der Waals surface area contributed by atoms with Gasteiger partial charge in [-0.2, -0.15) is 0 Å². The molecule has 4 unspecified atom stereocenters. The number of allylic oxidation sites excluding steroid dienone is 1. The van der Waals surface area contributed by atoms with E-state index in [9.17, 15) is 9.59 Å². The Morgan fingerprint density at radius 2 is 1.64 bits per heavy atom. The molecule has 7 atom stereocenters. The molecule has 2 heterocycles. The average Bonchev–Trinajstić information content (AvgIpc) is 3.41. The van der Waals surface area contributed by atoms with Crippen LogP contribution in [0.25, 0.3) is 0 Å².